The van der Waals surface area contributed by atoms with Gasteiger partial charge in [0.05, 0.1) is 0 Å². The fraction of sp³-hybridized carbons (Fsp3) is 0.100. The molecule has 0 aliphatic heterocycles. The van der Waals surface area contributed by atoms with Crippen molar-refractivity contribution in [2.24, 2.45) is 0 Å². The molecular formula is C20H20N2O2. The second-order valence-electron chi connectivity index (χ2n) is 5.29. The highest BCUT2D eigenvalue weighted by Gasteiger charge is 2.13. The van der Waals surface area contributed by atoms with Gasteiger partial charge in [0.1, 0.15) is 5.70 Å². The summed E-state index contributed by atoms with van der Waals surface area (Å²) in [5, 5.41) is 5.36. The Morgan fingerprint density at radius 1 is 1.04 bits per heavy atom. The third kappa shape index (κ3) is 4.95. The lowest BCUT2D eigenvalue weighted by atomic mass is 10.1. The van der Waals surface area contributed by atoms with Crippen LogP contribution >= 0.6 is 0 Å². The molecule has 0 bridgehead atoms. The highest BCUT2D eigenvalue weighted by molar-refractivity contribution is 6.05. The third-order valence-electron chi connectivity index (χ3n) is 3.32. The zero-order chi connectivity index (χ0) is 17.4. The summed E-state index contributed by atoms with van der Waals surface area (Å²) in [6.45, 7) is 5.89. The molecule has 0 heterocycles. The standard InChI is InChI=1S/C20H20N2O2/c1-3-13-21-20(24)18(14-16-11-9-15(2)10-12-16)22-19(23)17-7-5-4-6-8-17/h3-12,14H,1,13H2,2H3,(H,21,24)(H,22,23)/b18-14+. The number of amides is 2. The molecule has 0 saturated carbocycles. The number of aryl methyl sites for hydroxylation is 1. The van der Waals surface area contributed by atoms with Gasteiger partial charge in [-0.15, -0.1) is 6.58 Å². The molecule has 24 heavy (non-hydrogen) atoms. The van der Waals surface area contributed by atoms with Crippen molar-refractivity contribution < 1.29 is 9.59 Å². The van der Waals surface area contributed by atoms with E-state index < -0.39 is 0 Å². The summed E-state index contributed by atoms with van der Waals surface area (Å²) < 4.78 is 0. The zero-order valence-corrected chi connectivity index (χ0v) is 13.6. The minimum absolute atomic E-state index is 0.189. The van der Waals surface area contributed by atoms with E-state index in [1.165, 1.54) is 0 Å². The average molecular weight is 320 g/mol. The van der Waals surface area contributed by atoms with Crippen LogP contribution in [0.1, 0.15) is 21.5 Å². The van der Waals surface area contributed by atoms with Gasteiger partial charge in [-0.1, -0.05) is 54.1 Å². The van der Waals surface area contributed by atoms with Crippen molar-refractivity contribution in [2.45, 2.75) is 6.92 Å². The lowest BCUT2D eigenvalue weighted by Crippen LogP contribution is -2.34. The first-order valence-electron chi connectivity index (χ1n) is 7.64. The maximum Gasteiger partial charge on any atom is 0.268 e. The topological polar surface area (TPSA) is 58.2 Å². The summed E-state index contributed by atoms with van der Waals surface area (Å²) >= 11 is 0. The van der Waals surface area contributed by atoms with Crippen molar-refractivity contribution in [2.75, 3.05) is 6.54 Å². The molecule has 2 amide bonds. The van der Waals surface area contributed by atoms with Crippen molar-refractivity contribution in [3.63, 3.8) is 0 Å². The predicted octanol–water partition coefficient (Wildman–Crippen LogP) is 3.07. The van der Waals surface area contributed by atoms with Crippen LogP contribution in [0.15, 0.2) is 72.9 Å². The smallest absolute Gasteiger partial charge is 0.268 e. The molecule has 2 N–H and O–H groups in total. The molecule has 4 nitrogen and oxygen atoms in total. The summed E-state index contributed by atoms with van der Waals surface area (Å²) in [6.07, 6.45) is 3.24. The van der Waals surface area contributed by atoms with Crippen LogP contribution in [0.5, 0.6) is 0 Å². The third-order valence-corrected chi connectivity index (χ3v) is 3.32. The van der Waals surface area contributed by atoms with Gasteiger partial charge in [0.25, 0.3) is 11.8 Å². The van der Waals surface area contributed by atoms with Crippen molar-refractivity contribution >= 4 is 17.9 Å². The molecular weight excluding hydrogens is 300 g/mol. The second-order valence-corrected chi connectivity index (χ2v) is 5.29. The van der Waals surface area contributed by atoms with E-state index in [2.05, 4.69) is 17.2 Å². The van der Waals surface area contributed by atoms with E-state index in [9.17, 15) is 9.59 Å². The van der Waals surface area contributed by atoms with E-state index in [4.69, 9.17) is 0 Å². The van der Waals surface area contributed by atoms with Gasteiger partial charge in [0.15, 0.2) is 0 Å². The number of carbonyl (C=O) groups is 2. The maximum atomic E-state index is 12.3. The van der Waals surface area contributed by atoms with E-state index in [0.717, 1.165) is 11.1 Å². The molecule has 0 unspecified atom stereocenters. The molecule has 0 aliphatic carbocycles. The van der Waals surface area contributed by atoms with Gasteiger partial charge in [0, 0.05) is 12.1 Å². The van der Waals surface area contributed by atoms with E-state index in [1.807, 2.05) is 37.3 Å². The quantitative estimate of drug-likeness (QED) is 0.635. The van der Waals surface area contributed by atoms with Gasteiger partial charge in [-0.3, -0.25) is 9.59 Å². The first kappa shape index (κ1) is 17.2. The van der Waals surface area contributed by atoms with Crippen LogP contribution in [0.2, 0.25) is 0 Å². The van der Waals surface area contributed by atoms with Gasteiger partial charge < -0.3 is 10.6 Å². The fourth-order valence-corrected chi connectivity index (χ4v) is 2.03. The summed E-state index contributed by atoms with van der Waals surface area (Å²) in [6, 6.07) is 16.5. The molecule has 0 radical (unpaired) electrons. The Labute approximate surface area is 141 Å². The van der Waals surface area contributed by atoms with Gasteiger partial charge >= 0.3 is 0 Å². The Kier molecular flexibility index (Phi) is 6.08. The number of benzene rings is 2. The van der Waals surface area contributed by atoms with Gasteiger partial charge in [-0.25, -0.2) is 0 Å². The molecule has 0 spiro atoms. The molecule has 0 saturated heterocycles. The summed E-state index contributed by atoms with van der Waals surface area (Å²) in [5.74, 6) is -0.692. The van der Waals surface area contributed by atoms with Crippen LogP contribution in [0.25, 0.3) is 6.08 Å². The van der Waals surface area contributed by atoms with E-state index >= 15 is 0 Å². The highest BCUT2D eigenvalue weighted by atomic mass is 16.2. The highest BCUT2D eigenvalue weighted by Crippen LogP contribution is 2.09. The zero-order valence-electron chi connectivity index (χ0n) is 13.6. The summed E-state index contributed by atoms with van der Waals surface area (Å²) in [5.41, 5.74) is 2.63. The Morgan fingerprint density at radius 2 is 1.71 bits per heavy atom. The molecule has 122 valence electrons. The molecule has 2 rings (SSSR count). The Balaban J connectivity index is 2.25. The minimum Gasteiger partial charge on any atom is -0.347 e. The normalized spacial score (nSPS) is 10.8. The Morgan fingerprint density at radius 3 is 2.33 bits per heavy atom. The number of hydrogen-bond donors (Lipinski definition) is 2. The Bertz CT molecular complexity index is 747. The first-order chi connectivity index (χ1) is 11.6. The number of hydrogen-bond acceptors (Lipinski definition) is 2. The van der Waals surface area contributed by atoms with Crippen LogP contribution in [0.3, 0.4) is 0 Å². The van der Waals surface area contributed by atoms with Gasteiger partial charge in [0.2, 0.25) is 0 Å². The summed E-state index contributed by atoms with van der Waals surface area (Å²) in [7, 11) is 0. The van der Waals surface area contributed by atoms with Crippen molar-refractivity contribution in [1.82, 2.24) is 10.6 Å². The molecule has 2 aromatic rings. The number of carbonyl (C=O) groups excluding carboxylic acids is 2. The van der Waals surface area contributed by atoms with Crippen molar-refractivity contribution in [3.8, 4) is 0 Å². The van der Waals surface area contributed by atoms with Crippen molar-refractivity contribution in [1.29, 1.82) is 0 Å². The second kappa shape index (κ2) is 8.48. The monoisotopic (exact) mass is 320 g/mol. The van der Waals surface area contributed by atoms with Crippen molar-refractivity contribution in [3.05, 3.63) is 89.6 Å². The van der Waals surface area contributed by atoms with E-state index in [1.54, 1.807) is 36.4 Å². The van der Waals surface area contributed by atoms with Gasteiger partial charge in [-0.2, -0.15) is 0 Å². The predicted molar refractivity (Wildman–Crippen MR) is 96.3 cm³/mol. The van der Waals surface area contributed by atoms with Crippen LogP contribution in [-0.4, -0.2) is 18.4 Å². The molecule has 0 fully saturated rings. The lowest BCUT2D eigenvalue weighted by molar-refractivity contribution is -0.117. The SMILES string of the molecule is C=CCNC(=O)/C(=C\c1ccc(C)cc1)NC(=O)c1ccccc1. The average Bonchev–Trinajstić information content (AvgIpc) is 2.61. The van der Waals surface area contributed by atoms with Crippen LogP contribution in [0, 0.1) is 6.92 Å². The molecule has 0 aromatic heterocycles. The van der Waals surface area contributed by atoms with E-state index in [-0.39, 0.29) is 17.5 Å². The molecule has 2 aromatic carbocycles. The summed E-state index contributed by atoms with van der Waals surface area (Å²) in [4.78, 5) is 24.6. The van der Waals surface area contributed by atoms with Gasteiger partial charge in [-0.05, 0) is 30.7 Å². The largest absolute Gasteiger partial charge is 0.347 e. The lowest BCUT2D eigenvalue weighted by Gasteiger charge is -2.10. The molecule has 0 atom stereocenters. The van der Waals surface area contributed by atoms with E-state index in [0.29, 0.717) is 12.1 Å². The molecule has 0 aliphatic rings. The first-order valence-corrected chi connectivity index (χ1v) is 7.64. The van der Waals surface area contributed by atoms with Crippen LogP contribution < -0.4 is 10.6 Å². The van der Waals surface area contributed by atoms with Crippen LogP contribution in [-0.2, 0) is 4.79 Å². The number of nitrogens with one attached hydrogen (secondary N) is 2. The maximum absolute atomic E-state index is 12.3. The van der Waals surface area contributed by atoms with Crippen LogP contribution in [0.4, 0.5) is 0 Å². The number of rotatable bonds is 6. The molecule has 4 heteroatoms. The Hall–Kier alpha value is -3.14. The fourth-order valence-electron chi connectivity index (χ4n) is 2.03. The minimum atomic E-state index is -0.361.